The van der Waals surface area contributed by atoms with E-state index in [9.17, 15) is 13.2 Å². The van der Waals surface area contributed by atoms with Crippen molar-refractivity contribution >= 4 is 27.3 Å². The van der Waals surface area contributed by atoms with Crippen LogP contribution >= 0.6 is 0 Å². The molecule has 1 unspecified atom stereocenters. The van der Waals surface area contributed by atoms with Crippen LogP contribution < -0.4 is 4.31 Å². The van der Waals surface area contributed by atoms with E-state index >= 15 is 0 Å². The Balaban J connectivity index is 1.31. The van der Waals surface area contributed by atoms with Crippen LogP contribution in [0.25, 0.3) is 5.65 Å². The fourth-order valence-corrected chi connectivity index (χ4v) is 6.17. The van der Waals surface area contributed by atoms with Crippen molar-refractivity contribution in [3.05, 3.63) is 59.5 Å². The second-order valence-corrected chi connectivity index (χ2v) is 10.4. The zero-order chi connectivity index (χ0) is 21.8. The van der Waals surface area contributed by atoms with Crippen molar-refractivity contribution in [2.24, 2.45) is 0 Å². The van der Waals surface area contributed by atoms with Crippen LogP contribution in [0.15, 0.2) is 42.6 Å². The number of sulfonamides is 1. The van der Waals surface area contributed by atoms with Gasteiger partial charge in [-0.25, -0.2) is 8.42 Å². The van der Waals surface area contributed by atoms with Crippen LogP contribution in [-0.2, 0) is 16.4 Å². The van der Waals surface area contributed by atoms with Crippen LogP contribution in [-0.4, -0.2) is 59.2 Å². The van der Waals surface area contributed by atoms with Crippen molar-refractivity contribution in [1.29, 1.82) is 0 Å². The summed E-state index contributed by atoms with van der Waals surface area (Å²) < 4.78 is 27.7. The number of likely N-dealkylation sites (tertiary alicyclic amines) is 1. The molecule has 5 rings (SSSR count). The Hall–Kier alpha value is -2.94. The number of pyridine rings is 1. The molecule has 8 nitrogen and oxygen atoms in total. The highest BCUT2D eigenvalue weighted by Crippen LogP contribution is 2.35. The molecule has 9 heteroatoms. The molecule has 0 saturated carbocycles. The van der Waals surface area contributed by atoms with Gasteiger partial charge in [-0.15, -0.1) is 10.2 Å². The average molecular weight is 440 g/mol. The van der Waals surface area contributed by atoms with E-state index in [1.807, 2.05) is 46.7 Å². The maximum absolute atomic E-state index is 13.1. The maximum Gasteiger partial charge on any atom is 0.253 e. The van der Waals surface area contributed by atoms with Crippen molar-refractivity contribution in [1.82, 2.24) is 19.5 Å². The van der Waals surface area contributed by atoms with Gasteiger partial charge in [0.15, 0.2) is 5.65 Å². The lowest BCUT2D eigenvalue weighted by molar-refractivity contribution is 0.0711. The summed E-state index contributed by atoms with van der Waals surface area (Å²) >= 11 is 0. The summed E-state index contributed by atoms with van der Waals surface area (Å²) in [5.74, 6) is 1.22. The highest BCUT2D eigenvalue weighted by Gasteiger charge is 2.33. The van der Waals surface area contributed by atoms with Gasteiger partial charge in [-0.05, 0) is 62.1 Å². The van der Waals surface area contributed by atoms with E-state index < -0.39 is 10.0 Å². The standard InChI is InChI=1S/C22H25N5O3S/c1-15-13-18-14-17(6-7-19(18)27(15)31(2,29)30)22(28)25-11-8-16(9-12-25)21-24-23-20-5-3-4-10-26(20)21/h3-7,10,14-16H,8-9,11-13H2,1-2H3. The Labute approximate surface area is 181 Å². The molecule has 0 bridgehead atoms. The summed E-state index contributed by atoms with van der Waals surface area (Å²) in [4.78, 5) is 15.0. The number of carbonyl (C=O) groups excluding carboxylic acids is 1. The Bertz CT molecular complexity index is 1260. The zero-order valence-electron chi connectivity index (χ0n) is 17.6. The summed E-state index contributed by atoms with van der Waals surface area (Å²) in [5, 5.41) is 8.62. The summed E-state index contributed by atoms with van der Waals surface area (Å²) in [6, 6.07) is 11.1. The minimum atomic E-state index is -3.34. The smallest absolute Gasteiger partial charge is 0.253 e. The SMILES string of the molecule is CC1Cc2cc(C(=O)N3CCC(c4nnc5ccccn45)CC3)ccc2N1S(C)(=O)=O. The van der Waals surface area contributed by atoms with Crippen LogP contribution in [0.4, 0.5) is 5.69 Å². The van der Waals surface area contributed by atoms with E-state index in [4.69, 9.17) is 0 Å². The Morgan fingerprint density at radius 3 is 2.61 bits per heavy atom. The average Bonchev–Trinajstić information content (AvgIpc) is 3.32. The highest BCUT2D eigenvalue weighted by atomic mass is 32.2. The molecule has 2 aliphatic rings. The molecule has 3 aromatic rings. The van der Waals surface area contributed by atoms with Crippen molar-refractivity contribution in [2.45, 2.75) is 38.1 Å². The molecule has 1 fully saturated rings. The molecular weight excluding hydrogens is 414 g/mol. The van der Waals surface area contributed by atoms with Gasteiger partial charge < -0.3 is 4.90 Å². The van der Waals surface area contributed by atoms with Gasteiger partial charge in [0.2, 0.25) is 10.0 Å². The summed E-state index contributed by atoms with van der Waals surface area (Å²) in [6.07, 6.45) is 5.50. The first-order valence-corrected chi connectivity index (χ1v) is 12.4. The first-order chi connectivity index (χ1) is 14.8. The predicted octanol–water partition coefficient (Wildman–Crippen LogP) is 2.46. The molecule has 1 aromatic carbocycles. The number of aromatic nitrogens is 3. The molecule has 31 heavy (non-hydrogen) atoms. The number of fused-ring (bicyclic) bond motifs is 2. The van der Waals surface area contributed by atoms with Gasteiger partial charge in [0.05, 0.1) is 11.9 Å². The summed E-state index contributed by atoms with van der Waals surface area (Å²) in [5.41, 5.74) is 3.05. The lowest BCUT2D eigenvalue weighted by atomic mass is 9.95. The van der Waals surface area contributed by atoms with Crippen molar-refractivity contribution in [3.63, 3.8) is 0 Å². The topological polar surface area (TPSA) is 87.9 Å². The number of amides is 1. The molecule has 2 aliphatic heterocycles. The zero-order valence-corrected chi connectivity index (χ0v) is 18.4. The lowest BCUT2D eigenvalue weighted by Gasteiger charge is -2.31. The van der Waals surface area contributed by atoms with Crippen molar-refractivity contribution in [2.75, 3.05) is 23.7 Å². The van der Waals surface area contributed by atoms with Gasteiger partial charge in [-0.3, -0.25) is 13.5 Å². The number of rotatable bonds is 3. The molecule has 0 aliphatic carbocycles. The lowest BCUT2D eigenvalue weighted by Crippen LogP contribution is -2.38. The third-order valence-corrected chi connectivity index (χ3v) is 7.60. The Kier molecular flexibility index (Phi) is 4.73. The van der Waals surface area contributed by atoms with E-state index in [0.717, 1.165) is 29.9 Å². The van der Waals surface area contributed by atoms with Gasteiger partial charge in [0, 0.05) is 36.8 Å². The maximum atomic E-state index is 13.1. The van der Waals surface area contributed by atoms with Crippen molar-refractivity contribution in [3.8, 4) is 0 Å². The number of hydrogen-bond acceptors (Lipinski definition) is 5. The molecule has 1 saturated heterocycles. The minimum Gasteiger partial charge on any atom is -0.339 e. The molecule has 2 aromatic heterocycles. The number of hydrogen-bond donors (Lipinski definition) is 0. The van der Waals surface area contributed by atoms with Gasteiger partial charge >= 0.3 is 0 Å². The van der Waals surface area contributed by atoms with E-state index in [2.05, 4.69) is 10.2 Å². The van der Waals surface area contributed by atoms with Crippen LogP contribution in [0.2, 0.25) is 0 Å². The molecular formula is C22H25N5O3S. The van der Waals surface area contributed by atoms with Crippen LogP contribution in [0.1, 0.15) is 47.4 Å². The number of carbonyl (C=O) groups is 1. The number of anilines is 1. The quantitative estimate of drug-likeness (QED) is 0.626. The van der Waals surface area contributed by atoms with Crippen molar-refractivity contribution < 1.29 is 13.2 Å². The van der Waals surface area contributed by atoms with Gasteiger partial charge in [-0.1, -0.05) is 6.07 Å². The molecule has 0 N–H and O–H groups in total. The van der Waals surface area contributed by atoms with E-state index in [1.165, 1.54) is 10.6 Å². The monoisotopic (exact) mass is 439 g/mol. The number of benzene rings is 1. The minimum absolute atomic E-state index is 0.00203. The van der Waals surface area contributed by atoms with Gasteiger partial charge in [-0.2, -0.15) is 0 Å². The normalized spacial score (nSPS) is 19.7. The Morgan fingerprint density at radius 1 is 1.10 bits per heavy atom. The summed E-state index contributed by atoms with van der Waals surface area (Å²) in [7, 11) is -3.34. The fraction of sp³-hybridized carbons (Fsp3) is 0.409. The molecule has 0 radical (unpaired) electrons. The first kappa shape index (κ1) is 20.0. The Morgan fingerprint density at radius 2 is 1.87 bits per heavy atom. The van der Waals surface area contributed by atoms with Crippen LogP contribution in [0.3, 0.4) is 0 Å². The van der Waals surface area contributed by atoms with E-state index in [0.29, 0.717) is 30.8 Å². The highest BCUT2D eigenvalue weighted by molar-refractivity contribution is 7.92. The molecule has 1 amide bonds. The third kappa shape index (κ3) is 3.46. The van der Waals surface area contributed by atoms with Gasteiger partial charge in [0.1, 0.15) is 5.82 Å². The predicted molar refractivity (Wildman–Crippen MR) is 118 cm³/mol. The molecule has 4 heterocycles. The first-order valence-electron chi connectivity index (χ1n) is 10.5. The van der Waals surface area contributed by atoms with Crippen LogP contribution in [0, 0.1) is 0 Å². The number of piperidine rings is 1. The summed E-state index contributed by atoms with van der Waals surface area (Å²) in [6.45, 7) is 3.21. The van der Waals surface area contributed by atoms with E-state index in [1.54, 1.807) is 12.1 Å². The second-order valence-electron chi connectivity index (χ2n) is 8.51. The van der Waals surface area contributed by atoms with E-state index in [-0.39, 0.29) is 17.9 Å². The molecule has 1 atom stereocenters. The second kappa shape index (κ2) is 7.33. The van der Waals surface area contributed by atoms with Crippen LogP contribution in [0.5, 0.6) is 0 Å². The number of nitrogens with zero attached hydrogens (tertiary/aromatic N) is 5. The third-order valence-electron chi connectivity index (χ3n) is 6.32. The van der Waals surface area contributed by atoms with Gasteiger partial charge in [0.25, 0.3) is 5.91 Å². The fourth-order valence-electron chi connectivity index (χ4n) is 4.90. The molecule has 162 valence electrons. The largest absolute Gasteiger partial charge is 0.339 e. The molecule has 0 spiro atoms.